The number of carboxylic acids is 1. The van der Waals surface area contributed by atoms with Gasteiger partial charge in [-0.15, -0.1) is 0 Å². The number of hydrogen-bond acceptors (Lipinski definition) is 5. The molecule has 1 atom stereocenters. The summed E-state index contributed by atoms with van der Waals surface area (Å²) >= 11 is 0. The van der Waals surface area contributed by atoms with E-state index in [1.807, 2.05) is 19.1 Å². The summed E-state index contributed by atoms with van der Waals surface area (Å²) in [6.45, 7) is 1.90. The molecule has 0 radical (unpaired) electrons. The number of alkyl halides is 3. The highest BCUT2D eigenvalue weighted by atomic mass is 19.4. The van der Waals surface area contributed by atoms with Gasteiger partial charge in [-0.05, 0) is 42.8 Å². The predicted molar refractivity (Wildman–Crippen MR) is 117 cm³/mol. The molecule has 0 amide bonds. The smallest absolute Gasteiger partial charge is 0.421 e. The quantitative estimate of drug-likeness (QED) is 0.428. The highest BCUT2D eigenvalue weighted by molar-refractivity contribution is 5.80. The maximum absolute atomic E-state index is 13.3. The van der Waals surface area contributed by atoms with Crippen LogP contribution in [0.3, 0.4) is 0 Å². The molecule has 0 saturated carbocycles. The van der Waals surface area contributed by atoms with Crippen molar-refractivity contribution in [1.29, 1.82) is 0 Å². The largest absolute Gasteiger partial charge is 0.481 e. The van der Waals surface area contributed by atoms with Crippen LogP contribution in [0.2, 0.25) is 0 Å². The van der Waals surface area contributed by atoms with Crippen molar-refractivity contribution in [2.45, 2.75) is 25.6 Å². The van der Waals surface area contributed by atoms with Crippen molar-refractivity contribution in [2.75, 3.05) is 0 Å². The number of rotatable bonds is 6. The predicted octanol–water partition coefficient (Wildman–Crippen LogP) is 4.98. The molecule has 2 aromatic heterocycles. The first-order chi connectivity index (χ1) is 16.1. The van der Waals surface area contributed by atoms with E-state index in [0.29, 0.717) is 11.1 Å². The van der Waals surface area contributed by atoms with E-state index >= 15 is 0 Å². The topological polar surface area (TPSA) is 94.3 Å². The Bertz CT molecular complexity index is 1420. The van der Waals surface area contributed by atoms with Gasteiger partial charge < -0.3 is 14.4 Å². The van der Waals surface area contributed by atoms with E-state index in [-0.39, 0.29) is 17.6 Å². The van der Waals surface area contributed by atoms with Crippen LogP contribution in [-0.4, -0.2) is 25.6 Å². The van der Waals surface area contributed by atoms with E-state index in [0.717, 1.165) is 23.9 Å². The maximum Gasteiger partial charge on any atom is 0.421 e. The van der Waals surface area contributed by atoms with Crippen LogP contribution < -0.4 is 10.3 Å². The van der Waals surface area contributed by atoms with E-state index in [9.17, 15) is 27.9 Å². The maximum atomic E-state index is 13.3. The van der Waals surface area contributed by atoms with E-state index in [4.69, 9.17) is 4.74 Å². The van der Waals surface area contributed by atoms with Gasteiger partial charge in [-0.2, -0.15) is 18.2 Å². The van der Waals surface area contributed by atoms with Crippen molar-refractivity contribution >= 4 is 16.9 Å². The first kappa shape index (κ1) is 23.0. The minimum absolute atomic E-state index is 0.0431. The lowest BCUT2D eigenvalue weighted by molar-refractivity contribution is -0.139. The summed E-state index contributed by atoms with van der Waals surface area (Å²) < 4.78 is 46.7. The number of ether oxygens (including phenoxy) is 1. The first-order valence-electron chi connectivity index (χ1n) is 10.1. The Morgan fingerprint density at radius 3 is 2.53 bits per heavy atom. The first-order valence-corrected chi connectivity index (χ1v) is 10.1. The standard InChI is InChI=1S/C24H18F3N3O4/c1-14-4-6-15(7-5-14)20(12-21(31)32)30-13-29-22(33)17-11-16(8-9-19(17)30)34-23-18(24(25,26)27)3-2-10-28-23/h2-11,13,20H,12H2,1H3,(H,31,32). The number of aliphatic carboxylic acids is 1. The Morgan fingerprint density at radius 2 is 1.85 bits per heavy atom. The Morgan fingerprint density at radius 1 is 1.12 bits per heavy atom. The molecule has 0 bridgehead atoms. The SMILES string of the molecule is Cc1ccc(C(CC(=O)O)n2cnc(=O)c3cc(Oc4ncccc4C(F)(F)F)ccc32)cc1. The molecule has 0 saturated heterocycles. The zero-order valence-corrected chi connectivity index (χ0v) is 17.8. The molecule has 1 unspecified atom stereocenters. The number of nitrogens with zero attached hydrogens (tertiary/aromatic N) is 3. The molecule has 0 aliphatic heterocycles. The fourth-order valence-electron chi connectivity index (χ4n) is 3.60. The van der Waals surface area contributed by atoms with Gasteiger partial charge in [0.15, 0.2) is 0 Å². The van der Waals surface area contributed by atoms with Gasteiger partial charge in [-0.3, -0.25) is 9.59 Å². The molecule has 2 aromatic carbocycles. The molecule has 0 aliphatic rings. The summed E-state index contributed by atoms with van der Waals surface area (Å²) in [5.74, 6) is -1.74. The van der Waals surface area contributed by atoms with Crippen LogP contribution in [0.1, 0.15) is 29.2 Å². The molecule has 0 spiro atoms. The third-order valence-corrected chi connectivity index (χ3v) is 5.23. The molecular formula is C24H18F3N3O4. The van der Waals surface area contributed by atoms with Gasteiger partial charge in [0.2, 0.25) is 5.88 Å². The molecule has 0 aliphatic carbocycles. The van der Waals surface area contributed by atoms with Gasteiger partial charge in [-0.25, -0.2) is 4.98 Å². The van der Waals surface area contributed by atoms with E-state index in [2.05, 4.69) is 9.97 Å². The number of carbonyl (C=O) groups is 1. The average molecular weight is 469 g/mol. The molecule has 0 fully saturated rings. The van der Waals surface area contributed by atoms with E-state index < -0.39 is 35.2 Å². The van der Waals surface area contributed by atoms with Crippen LogP contribution in [0.15, 0.2) is 71.9 Å². The highest BCUT2D eigenvalue weighted by Gasteiger charge is 2.35. The molecule has 4 rings (SSSR count). The van der Waals surface area contributed by atoms with Crippen LogP contribution in [0.5, 0.6) is 11.6 Å². The average Bonchev–Trinajstić information content (AvgIpc) is 2.78. The summed E-state index contributed by atoms with van der Waals surface area (Å²) in [7, 11) is 0. The van der Waals surface area contributed by atoms with Crippen molar-refractivity contribution < 1.29 is 27.8 Å². The van der Waals surface area contributed by atoms with E-state index in [1.54, 1.807) is 16.7 Å². The van der Waals surface area contributed by atoms with Crippen molar-refractivity contribution in [2.24, 2.45) is 0 Å². The van der Waals surface area contributed by atoms with Crippen molar-refractivity contribution in [1.82, 2.24) is 14.5 Å². The summed E-state index contributed by atoms with van der Waals surface area (Å²) in [6, 6.07) is 12.7. The minimum atomic E-state index is -4.67. The summed E-state index contributed by atoms with van der Waals surface area (Å²) in [5, 5.41) is 9.54. The third-order valence-electron chi connectivity index (χ3n) is 5.23. The van der Waals surface area contributed by atoms with E-state index in [1.165, 1.54) is 24.5 Å². The highest BCUT2D eigenvalue weighted by Crippen LogP contribution is 2.37. The number of aryl methyl sites for hydroxylation is 1. The van der Waals surface area contributed by atoms with Crippen LogP contribution in [0.25, 0.3) is 10.9 Å². The summed E-state index contributed by atoms with van der Waals surface area (Å²) in [4.78, 5) is 31.6. The fraction of sp³-hybridized carbons (Fsp3) is 0.167. The summed E-state index contributed by atoms with van der Waals surface area (Å²) in [5.41, 5.74) is 0.362. The number of pyridine rings is 1. The fourth-order valence-corrected chi connectivity index (χ4v) is 3.60. The van der Waals surface area contributed by atoms with Gasteiger partial charge in [0.1, 0.15) is 11.3 Å². The molecular weight excluding hydrogens is 451 g/mol. The Hall–Kier alpha value is -4.21. The number of benzene rings is 2. The van der Waals surface area contributed by atoms with Crippen LogP contribution >= 0.6 is 0 Å². The minimum Gasteiger partial charge on any atom is -0.481 e. The Labute approximate surface area is 191 Å². The second-order valence-electron chi connectivity index (χ2n) is 7.62. The monoisotopic (exact) mass is 469 g/mol. The lowest BCUT2D eigenvalue weighted by Crippen LogP contribution is -2.20. The molecule has 10 heteroatoms. The molecule has 1 N–H and O–H groups in total. The Balaban J connectivity index is 1.80. The Kier molecular flexibility index (Phi) is 6.06. The number of aromatic nitrogens is 3. The molecule has 4 aromatic rings. The van der Waals surface area contributed by atoms with Gasteiger partial charge in [-0.1, -0.05) is 29.8 Å². The van der Waals surface area contributed by atoms with Crippen LogP contribution in [0, 0.1) is 6.92 Å². The van der Waals surface area contributed by atoms with Gasteiger partial charge in [0.25, 0.3) is 5.56 Å². The molecule has 34 heavy (non-hydrogen) atoms. The lowest BCUT2D eigenvalue weighted by atomic mass is 10.0. The zero-order chi connectivity index (χ0) is 24.5. The number of carboxylic acid groups (broad SMARTS) is 1. The van der Waals surface area contributed by atoms with Crippen molar-refractivity contribution in [3.05, 3.63) is 94.2 Å². The van der Waals surface area contributed by atoms with Gasteiger partial charge in [0.05, 0.1) is 29.7 Å². The molecule has 7 nitrogen and oxygen atoms in total. The normalized spacial score (nSPS) is 12.5. The second kappa shape index (κ2) is 8.97. The van der Waals surface area contributed by atoms with Crippen molar-refractivity contribution in [3.8, 4) is 11.6 Å². The van der Waals surface area contributed by atoms with Crippen LogP contribution in [-0.2, 0) is 11.0 Å². The summed E-state index contributed by atoms with van der Waals surface area (Å²) in [6.07, 6.45) is -2.52. The number of halogens is 3. The molecule has 174 valence electrons. The second-order valence-corrected chi connectivity index (χ2v) is 7.62. The third kappa shape index (κ3) is 4.75. The van der Waals surface area contributed by atoms with Gasteiger partial charge >= 0.3 is 12.1 Å². The molecule has 2 heterocycles. The number of fused-ring (bicyclic) bond motifs is 1. The lowest BCUT2D eigenvalue weighted by Gasteiger charge is -2.21. The van der Waals surface area contributed by atoms with Crippen molar-refractivity contribution in [3.63, 3.8) is 0 Å². The number of hydrogen-bond donors (Lipinski definition) is 1. The van der Waals surface area contributed by atoms with Gasteiger partial charge in [0, 0.05) is 6.20 Å². The van der Waals surface area contributed by atoms with Crippen LogP contribution in [0.4, 0.5) is 13.2 Å². The zero-order valence-electron chi connectivity index (χ0n) is 17.8.